The Kier molecular flexibility index (Phi) is 3.73. The molecule has 8 nitrogen and oxygen atoms in total. The number of ether oxygens (including phenoxy) is 2. The number of rotatable bonds is 4. The van der Waals surface area contributed by atoms with Gasteiger partial charge in [-0.05, 0) is 31.2 Å². The average molecular weight is 317 g/mol. The number of carbonyl (C=O) groups is 3. The molecule has 0 saturated carbocycles. The second kappa shape index (κ2) is 5.71. The van der Waals surface area contributed by atoms with Gasteiger partial charge < -0.3 is 9.47 Å². The number of carbonyl (C=O) groups excluding carboxylic acids is 3. The lowest BCUT2D eigenvalue weighted by Crippen LogP contribution is -2.36. The van der Waals surface area contributed by atoms with E-state index in [1.165, 1.54) is 7.11 Å². The first-order valence-electron chi connectivity index (χ1n) is 7.10. The van der Waals surface area contributed by atoms with Crippen LogP contribution >= 0.6 is 0 Å². The van der Waals surface area contributed by atoms with E-state index in [1.54, 1.807) is 31.2 Å². The summed E-state index contributed by atoms with van der Waals surface area (Å²) < 4.78 is 9.93. The number of amides is 2. The highest BCUT2D eigenvalue weighted by Crippen LogP contribution is 2.31. The quantitative estimate of drug-likeness (QED) is 0.624. The molecule has 2 amide bonds. The van der Waals surface area contributed by atoms with E-state index in [1.807, 2.05) is 0 Å². The normalized spacial score (nSPS) is 22.5. The van der Waals surface area contributed by atoms with Crippen LogP contribution in [0.5, 0.6) is 5.75 Å². The van der Waals surface area contributed by atoms with E-state index >= 15 is 0 Å². The van der Waals surface area contributed by atoms with Gasteiger partial charge in [-0.3, -0.25) is 15.0 Å². The van der Waals surface area contributed by atoms with E-state index in [2.05, 4.69) is 10.5 Å². The molecule has 2 atom stereocenters. The van der Waals surface area contributed by atoms with Crippen molar-refractivity contribution >= 4 is 29.2 Å². The zero-order chi connectivity index (χ0) is 16.6. The van der Waals surface area contributed by atoms with Crippen molar-refractivity contribution in [1.82, 2.24) is 5.43 Å². The van der Waals surface area contributed by atoms with Crippen LogP contribution in [0.3, 0.4) is 0 Å². The summed E-state index contributed by atoms with van der Waals surface area (Å²) in [5.74, 6) is -1.98. The van der Waals surface area contributed by atoms with E-state index < -0.39 is 29.7 Å². The highest BCUT2D eigenvalue weighted by molar-refractivity contribution is 6.46. The SMILES string of the molecule is CCOC(=O)C1=NN[C@H]2C(=O)N(c3ccc(OC)cc3)C(=O)[C@H]12. The van der Waals surface area contributed by atoms with Gasteiger partial charge in [-0.2, -0.15) is 5.10 Å². The molecule has 0 aromatic heterocycles. The number of nitrogens with one attached hydrogen (secondary N) is 1. The Bertz CT molecular complexity index is 698. The fraction of sp³-hybridized carbons (Fsp3) is 0.333. The van der Waals surface area contributed by atoms with Crippen LogP contribution in [0.4, 0.5) is 5.69 Å². The minimum absolute atomic E-state index is 0.0637. The van der Waals surface area contributed by atoms with Crippen molar-refractivity contribution < 1.29 is 23.9 Å². The van der Waals surface area contributed by atoms with E-state index in [0.717, 1.165) is 4.90 Å². The van der Waals surface area contributed by atoms with Gasteiger partial charge in [-0.1, -0.05) is 0 Å². The van der Waals surface area contributed by atoms with Crippen LogP contribution in [0, 0.1) is 5.92 Å². The zero-order valence-corrected chi connectivity index (χ0v) is 12.6. The number of nitrogens with zero attached hydrogens (tertiary/aromatic N) is 2. The molecule has 1 fully saturated rings. The molecule has 0 aliphatic carbocycles. The van der Waals surface area contributed by atoms with Crippen molar-refractivity contribution in [3.63, 3.8) is 0 Å². The highest BCUT2D eigenvalue weighted by Gasteiger charge is 2.55. The molecular formula is C15H15N3O5. The Morgan fingerprint density at radius 3 is 2.57 bits per heavy atom. The lowest BCUT2D eigenvalue weighted by molar-refractivity contribution is -0.136. The van der Waals surface area contributed by atoms with Crippen molar-refractivity contribution in [3.05, 3.63) is 24.3 Å². The Labute approximate surface area is 132 Å². The number of hydrogen-bond acceptors (Lipinski definition) is 7. The van der Waals surface area contributed by atoms with Gasteiger partial charge in [-0.25, -0.2) is 9.69 Å². The number of benzene rings is 1. The summed E-state index contributed by atoms with van der Waals surface area (Å²) in [5.41, 5.74) is 2.91. The van der Waals surface area contributed by atoms with E-state index in [4.69, 9.17) is 9.47 Å². The standard InChI is InChI=1S/C15H15N3O5/c1-3-23-15(21)12-10-11(16-17-12)14(20)18(13(10)19)8-4-6-9(22-2)7-5-8/h4-7,10-11,16H,3H2,1-2H3/t10-,11+/m0/s1. The summed E-state index contributed by atoms with van der Waals surface area (Å²) in [6.45, 7) is 1.82. The van der Waals surface area contributed by atoms with Crippen LogP contribution in [-0.2, 0) is 19.1 Å². The smallest absolute Gasteiger partial charge is 0.355 e. The monoisotopic (exact) mass is 317 g/mol. The summed E-state index contributed by atoms with van der Waals surface area (Å²) in [4.78, 5) is 38.0. The Balaban J connectivity index is 1.88. The Morgan fingerprint density at radius 2 is 1.96 bits per heavy atom. The van der Waals surface area contributed by atoms with E-state index in [0.29, 0.717) is 11.4 Å². The summed E-state index contributed by atoms with van der Waals surface area (Å²) in [6.07, 6.45) is 0. The first kappa shape index (κ1) is 15.0. The summed E-state index contributed by atoms with van der Waals surface area (Å²) in [7, 11) is 1.53. The minimum atomic E-state index is -0.955. The van der Waals surface area contributed by atoms with Crippen LogP contribution in [0.1, 0.15) is 6.92 Å². The number of hydrazone groups is 1. The second-order valence-electron chi connectivity index (χ2n) is 5.01. The maximum atomic E-state index is 12.6. The third-order valence-corrected chi connectivity index (χ3v) is 3.74. The van der Waals surface area contributed by atoms with Crippen molar-refractivity contribution in [2.24, 2.45) is 11.0 Å². The number of anilines is 1. The van der Waals surface area contributed by atoms with Gasteiger partial charge in [-0.15, -0.1) is 0 Å². The largest absolute Gasteiger partial charge is 0.497 e. The molecule has 0 radical (unpaired) electrons. The molecule has 1 N–H and O–H groups in total. The molecule has 1 aromatic carbocycles. The number of imide groups is 1. The first-order chi connectivity index (χ1) is 11.1. The van der Waals surface area contributed by atoms with Crippen LogP contribution in [0.15, 0.2) is 29.4 Å². The molecule has 0 spiro atoms. The van der Waals surface area contributed by atoms with Crippen molar-refractivity contribution in [2.75, 3.05) is 18.6 Å². The second-order valence-corrected chi connectivity index (χ2v) is 5.01. The fourth-order valence-electron chi connectivity index (χ4n) is 2.65. The van der Waals surface area contributed by atoms with Gasteiger partial charge in [0.1, 0.15) is 17.7 Å². The van der Waals surface area contributed by atoms with Crippen molar-refractivity contribution in [3.8, 4) is 5.75 Å². The Morgan fingerprint density at radius 1 is 1.26 bits per heavy atom. The van der Waals surface area contributed by atoms with Crippen LogP contribution in [0.25, 0.3) is 0 Å². The van der Waals surface area contributed by atoms with Gasteiger partial charge >= 0.3 is 5.97 Å². The van der Waals surface area contributed by atoms with Crippen LogP contribution in [-0.4, -0.2) is 43.3 Å². The maximum absolute atomic E-state index is 12.6. The third kappa shape index (κ3) is 2.32. The van der Waals surface area contributed by atoms with Crippen LogP contribution in [0.2, 0.25) is 0 Å². The molecule has 1 saturated heterocycles. The summed E-state index contributed by atoms with van der Waals surface area (Å²) in [5, 5.41) is 3.80. The number of fused-ring (bicyclic) bond motifs is 1. The predicted octanol–water partition coefficient (Wildman–Crippen LogP) is 0.0755. The molecule has 120 valence electrons. The molecule has 23 heavy (non-hydrogen) atoms. The van der Waals surface area contributed by atoms with Crippen molar-refractivity contribution in [1.29, 1.82) is 0 Å². The lowest BCUT2D eigenvalue weighted by atomic mass is 9.99. The zero-order valence-electron chi connectivity index (χ0n) is 12.6. The van der Waals surface area contributed by atoms with E-state index in [-0.39, 0.29) is 12.3 Å². The molecule has 2 heterocycles. The Hall–Kier alpha value is -2.90. The van der Waals surface area contributed by atoms with E-state index in [9.17, 15) is 14.4 Å². The van der Waals surface area contributed by atoms with Gasteiger partial charge in [0.15, 0.2) is 5.71 Å². The molecule has 2 aliphatic heterocycles. The third-order valence-electron chi connectivity index (χ3n) is 3.74. The molecule has 8 heteroatoms. The first-order valence-corrected chi connectivity index (χ1v) is 7.10. The summed E-state index contributed by atoms with van der Waals surface area (Å²) >= 11 is 0. The number of hydrogen-bond donors (Lipinski definition) is 1. The van der Waals surface area contributed by atoms with Crippen LogP contribution < -0.4 is 15.1 Å². The predicted molar refractivity (Wildman–Crippen MR) is 80.0 cm³/mol. The molecule has 2 aliphatic rings. The molecule has 3 rings (SSSR count). The summed E-state index contributed by atoms with van der Waals surface area (Å²) in [6, 6.07) is 5.65. The topological polar surface area (TPSA) is 97.3 Å². The molecular weight excluding hydrogens is 302 g/mol. The van der Waals surface area contributed by atoms with Gasteiger partial charge in [0.2, 0.25) is 5.91 Å². The fourth-order valence-corrected chi connectivity index (χ4v) is 2.65. The molecule has 1 aromatic rings. The van der Waals surface area contributed by atoms with Gasteiger partial charge in [0.25, 0.3) is 5.91 Å². The maximum Gasteiger partial charge on any atom is 0.355 e. The highest BCUT2D eigenvalue weighted by atomic mass is 16.5. The minimum Gasteiger partial charge on any atom is -0.497 e. The molecule has 0 bridgehead atoms. The van der Waals surface area contributed by atoms with Gasteiger partial charge in [0.05, 0.1) is 19.4 Å². The average Bonchev–Trinajstić information content (AvgIpc) is 3.09. The molecule has 0 unspecified atom stereocenters. The number of methoxy groups -OCH3 is 1. The van der Waals surface area contributed by atoms with Gasteiger partial charge in [0, 0.05) is 0 Å². The lowest BCUT2D eigenvalue weighted by Gasteiger charge is -2.16. The number of esters is 1. The van der Waals surface area contributed by atoms with Crippen molar-refractivity contribution in [2.45, 2.75) is 13.0 Å².